The Morgan fingerprint density at radius 2 is 1.00 bits per heavy atom. The molecule has 1 heterocycles. The van der Waals surface area contributed by atoms with Crippen LogP contribution in [0.4, 0.5) is 0 Å². The van der Waals surface area contributed by atoms with E-state index < -0.39 is 0 Å². The van der Waals surface area contributed by atoms with Crippen LogP contribution in [0.25, 0.3) is 21.8 Å². The summed E-state index contributed by atoms with van der Waals surface area (Å²) in [7, 11) is 0. The first kappa shape index (κ1) is 17.2. The largest absolute Gasteiger partial charge is 1.00 e. The van der Waals surface area contributed by atoms with Crippen LogP contribution in [0.3, 0.4) is 0 Å². The minimum Gasteiger partial charge on any atom is -0.657 e. The molecular weight excluding hydrogens is 261 g/mol. The molecule has 0 fully saturated rings. The maximum Gasteiger partial charge on any atom is 1.00 e. The Morgan fingerprint density at radius 3 is 1.32 bits per heavy atom. The maximum atomic E-state index is 4.76. The number of hydrogen-bond acceptors (Lipinski definition) is 0. The molecule has 0 bridgehead atoms. The zero-order chi connectivity index (χ0) is 15.4. The van der Waals surface area contributed by atoms with Crippen molar-refractivity contribution in [2.24, 2.45) is 0 Å². The number of hydrogen-bond donors (Lipinski definition) is 0. The van der Waals surface area contributed by atoms with E-state index >= 15 is 0 Å². The third-order valence-corrected chi connectivity index (χ3v) is 4.26. The maximum absolute atomic E-state index is 4.76. The van der Waals surface area contributed by atoms with Gasteiger partial charge in [-0.2, -0.15) is 0 Å². The van der Waals surface area contributed by atoms with Crippen LogP contribution in [0.2, 0.25) is 0 Å². The molecule has 0 aliphatic rings. The van der Waals surface area contributed by atoms with Gasteiger partial charge in [0.2, 0.25) is 0 Å². The molecule has 2 heteroatoms. The minimum absolute atomic E-state index is 0. The monoisotopic (exact) mass is 285 g/mol. The van der Waals surface area contributed by atoms with E-state index in [2.05, 4.69) is 77.9 Å². The zero-order valence-corrected chi connectivity index (χ0v) is 14.9. The van der Waals surface area contributed by atoms with Crippen molar-refractivity contribution >= 4 is 21.8 Å². The number of benzene rings is 2. The summed E-state index contributed by atoms with van der Waals surface area (Å²) in [5, 5.41) is 2.56. The molecule has 110 valence electrons. The van der Waals surface area contributed by atoms with Crippen LogP contribution in [-0.2, 0) is 10.8 Å². The van der Waals surface area contributed by atoms with Crippen LogP contribution in [0.5, 0.6) is 0 Å². The summed E-state index contributed by atoms with van der Waals surface area (Å²) in [6.07, 6.45) is 0. The van der Waals surface area contributed by atoms with Gasteiger partial charge < -0.3 is 4.98 Å². The zero-order valence-electron chi connectivity index (χ0n) is 14.9. The third-order valence-electron chi connectivity index (χ3n) is 4.26. The molecule has 0 radical (unpaired) electrons. The summed E-state index contributed by atoms with van der Waals surface area (Å²) >= 11 is 0. The quantitative estimate of drug-likeness (QED) is 0.579. The molecule has 0 atom stereocenters. The molecule has 0 saturated heterocycles. The molecule has 3 aromatic rings. The summed E-state index contributed by atoms with van der Waals surface area (Å²) in [5.41, 5.74) is 5.27. The molecular formula is C20H24LiN. The molecule has 22 heavy (non-hydrogen) atoms. The predicted octanol–water partition coefficient (Wildman–Crippen LogP) is 2.55. The second-order valence-corrected chi connectivity index (χ2v) is 8.08. The van der Waals surface area contributed by atoms with Crippen molar-refractivity contribution < 1.29 is 18.9 Å². The van der Waals surface area contributed by atoms with Crippen molar-refractivity contribution in [3.63, 3.8) is 0 Å². The topological polar surface area (TPSA) is 14.1 Å². The fraction of sp³-hybridized carbons (Fsp3) is 0.400. The standard InChI is InChI=1S/C20H24N.Li/c1-19(2,3)13-7-9-17-15(11-13)16-12-14(20(4,5)6)8-10-18(16)21-17;/h7-12H,1-6H3;/q-1;+1. The van der Waals surface area contributed by atoms with Crippen LogP contribution in [0, 0.1) is 0 Å². The van der Waals surface area contributed by atoms with Gasteiger partial charge in [0, 0.05) is 0 Å². The Balaban J connectivity index is 0.00000176. The predicted molar refractivity (Wildman–Crippen MR) is 92.2 cm³/mol. The van der Waals surface area contributed by atoms with Gasteiger partial charge in [0.05, 0.1) is 0 Å². The summed E-state index contributed by atoms with van der Waals surface area (Å²) in [4.78, 5) is 4.76. The van der Waals surface area contributed by atoms with Crippen molar-refractivity contribution in [2.75, 3.05) is 0 Å². The van der Waals surface area contributed by atoms with Crippen molar-refractivity contribution in [2.45, 2.75) is 52.4 Å². The summed E-state index contributed by atoms with van der Waals surface area (Å²) in [6.45, 7) is 13.5. The van der Waals surface area contributed by atoms with Gasteiger partial charge in [-0.15, -0.1) is 11.0 Å². The fourth-order valence-electron chi connectivity index (χ4n) is 2.76. The Hall–Kier alpha value is -1.16. The molecule has 2 aromatic carbocycles. The number of rotatable bonds is 0. The first-order chi connectivity index (χ1) is 9.66. The fourth-order valence-corrected chi connectivity index (χ4v) is 2.76. The van der Waals surface area contributed by atoms with E-state index in [1.165, 1.54) is 21.9 Å². The van der Waals surface area contributed by atoms with Gasteiger partial charge >= 0.3 is 18.9 Å². The molecule has 0 spiro atoms. The van der Waals surface area contributed by atoms with Crippen LogP contribution in [-0.4, -0.2) is 0 Å². The molecule has 0 aliphatic carbocycles. The number of nitrogens with zero attached hydrogens (tertiary/aromatic N) is 1. The van der Waals surface area contributed by atoms with Gasteiger partial charge in [-0.1, -0.05) is 77.9 Å². The van der Waals surface area contributed by atoms with Crippen LogP contribution >= 0.6 is 0 Å². The van der Waals surface area contributed by atoms with Gasteiger partial charge in [-0.05, 0) is 32.7 Å². The van der Waals surface area contributed by atoms with E-state index in [1.54, 1.807) is 0 Å². The van der Waals surface area contributed by atoms with E-state index in [1.807, 2.05) is 0 Å². The van der Waals surface area contributed by atoms with E-state index in [0.29, 0.717) is 0 Å². The number of aromatic nitrogens is 1. The summed E-state index contributed by atoms with van der Waals surface area (Å²) in [5.74, 6) is 0. The van der Waals surface area contributed by atoms with Gasteiger partial charge in [0.25, 0.3) is 0 Å². The first-order valence-electron chi connectivity index (χ1n) is 7.67. The molecule has 1 aromatic heterocycles. The number of fused-ring (bicyclic) bond motifs is 3. The average Bonchev–Trinajstić information content (AvgIpc) is 2.73. The van der Waals surface area contributed by atoms with Gasteiger partial charge in [0.15, 0.2) is 0 Å². The van der Waals surface area contributed by atoms with Gasteiger partial charge in [-0.3, -0.25) is 0 Å². The van der Waals surface area contributed by atoms with Crippen molar-refractivity contribution in [3.05, 3.63) is 47.5 Å². The minimum atomic E-state index is 0. The van der Waals surface area contributed by atoms with Crippen molar-refractivity contribution in [1.82, 2.24) is 4.98 Å². The third kappa shape index (κ3) is 2.98. The summed E-state index contributed by atoms with van der Waals surface area (Å²) < 4.78 is 0. The Morgan fingerprint density at radius 1 is 0.636 bits per heavy atom. The van der Waals surface area contributed by atoms with E-state index in [-0.39, 0.29) is 29.7 Å². The van der Waals surface area contributed by atoms with Crippen LogP contribution in [0.15, 0.2) is 36.4 Å². The second kappa shape index (κ2) is 5.48. The first-order valence-corrected chi connectivity index (χ1v) is 7.67. The van der Waals surface area contributed by atoms with E-state index in [9.17, 15) is 0 Å². The van der Waals surface area contributed by atoms with Crippen LogP contribution in [0.1, 0.15) is 52.7 Å². The van der Waals surface area contributed by atoms with E-state index in [0.717, 1.165) is 11.0 Å². The molecule has 0 amide bonds. The SMILES string of the molecule is CC(C)(C)c1ccc2[n-]c3ccc(C(C)(C)C)cc3c2c1.[Li+]. The molecule has 3 rings (SSSR count). The molecule has 0 N–H and O–H groups in total. The molecule has 0 saturated carbocycles. The van der Waals surface area contributed by atoms with Gasteiger partial charge in [0.1, 0.15) is 0 Å². The van der Waals surface area contributed by atoms with Crippen molar-refractivity contribution in [1.29, 1.82) is 0 Å². The normalized spacial score (nSPS) is 12.6. The van der Waals surface area contributed by atoms with Crippen LogP contribution < -0.4 is 23.8 Å². The van der Waals surface area contributed by atoms with Gasteiger partial charge in [-0.25, -0.2) is 0 Å². The Labute approximate surface area is 145 Å². The smallest absolute Gasteiger partial charge is 0.657 e. The summed E-state index contributed by atoms with van der Waals surface area (Å²) in [6, 6.07) is 13.4. The molecule has 1 nitrogen and oxygen atoms in total. The molecule has 0 aliphatic heterocycles. The Kier molecular flexibility index (Phi) is 4.28. The van der Waals surface area contributed by atoms with E-state index in [4.69, 9.17) is 4.98 Å². The second-order valence-electron chi connectivity index (χ2n) is 8.08. The van der Waals surface area contributed by atoms with Crippen molar-refractivity contribution in [3.8, 4) is 0 Å². The Bertz CT molecular complexity index is 745. The average molecular weight is 285 g/mol. The molecule has 0 unspecified atom stereocenters.